The fourth-order valence-electron chi connectivity index (χ4n) is 2.18. The molecule has 0 atom stereocenters. The molecule has 2 rings (SSSR count). The molecule has 0 bridgehead atoms. The van der Waals surface area contributed by atoms with Gasteiger partial charge in [-0.15, -0.1) is 0 Å². The van der Waals surface area contributed by atoms with Crippen LogP contribution in [0.3, 0.4) is 0 Å². The van der Waals surface area contributed by atoms with E-state index in [9.17, 15) is 31.1 Å². The minimum atomic E-state index is -4.88. The first-order chi connectivity index (χ1) is 11.0. The summed E-state index contributed by atoms with van der Waals surface area (Å²) in [5.41, 5.74) is 0.957. The molecule has 0 radical (unpaired) electrons. The summed E-state index contributed by atoms with van der Waals surface area (Å²) in [4.78, 5) is 11.9. The third-order valence-electron chi connectivity index (χ3n) is 3.12. The second-order valence-corrected chi connectivity index (χ2v) is 4.70. The molecule has 0 aliphatic heterocycles. The number of carbonyl (C=O) groups is 1. The predicted octanol–water partition coefficient (Wildman–Crippen LogP) is 4.94. The van der Waals surface area contributed by atoms with E-state index in [0.29, 0.717) is 12.1 Å². The second-order valence-electron chi connectivity index (χ2n) is 4.70. The van der Waals surface area contributed by atoms with Crippen molar-refractivity contribution in [2.45, 2.75) is 12.4 Å². The number of amides is 2. The van der Waals surface area contributed by atoms with Crippen LogP contribution in [0.2, 0.25) is 0 Å². The van der Waals surface area contributed by atoms with Gasteiger partial charge in [-0.3, -0.25) is 4.90 Å². The molecule has 0 aliphatic rings. The number of nitrogens with two attached hydrogens (primary N) is 1. The summed E-state index contributed by atoms with van der Waals surface area (Å²) >= 11 is 0. The van der Waals surface area contributed by atoms with E-state index < -0.39 is 40.9 Å². The Morgan fingerprint density at radius 1 is 0.750 bits per heavy atom. The summed E-state index contributed by atoms with van der Waals surface area (Å²) < 4.78 is 78.7. The van der Waals surface area contributed by atoms with Gasteiger partial charge in [0.15, 0.2) is 0 Å². The number of para-hydroxylation sites is 2. The number of hydrogen-bond donors (Lipinski definition) is 1. The number of alkyl halides is 6. The van der Waals surface area contributed by atoms with Gasteiger partial charge >= 0.3 is 18.4 Å². The van der Waals surface area contributed by atoms with Gasteiger partial charge in [0.25, 0.3) is 0 Å². The first-order valence-corrected chi connectivity index (χ1v) is 6.45. The summed E-state index contributed by atoms with van der Waals surface area (Å²) in [7, 11) is 0. The zero-order valence-corrected chi connectivity index (χ0v) is 11.8. The number of urea groups is 1. The summed E-state index contributed by atoms with van der Waals surface area (Å²) in [5, 5.41) is 0. The SMILES string of the molecule is NC(=O)N(c1ccccc1C(F)(F)F)c1ccccc1C(F)(F)F. The van der Waals surface area contributed by atoms with Crippen molar-refractivity contribution in [3.05, 3.63) is 59.7 Å². The van der Waals surface area contributed by atoms with Crippen LogP contribution in [-0.2, 0) is 12.4 Å². The van der Waals surface area contributed by atoms with E-state index >= 15 is 0 Å². The van der Waals surface area contributed by atoms with E-state index in [1.807, 2.05) is 0 Å². The van der Waals surface area contributed by atoms with Gasteiger partial charge in [0, 0.05) is 0 Å². The van der Waals surface area contributed by atoms with Crippen LogP contribution in [0.25, 0.3) is 0 Å². The van der Waals surface area contributed by atoms with Crippen LogP contribution in [0.5, 0.6) is 0 Å². The Morgan fingerprint density at radius 3 is 1.38 bits per heavy atom. The van der Waals surface area contributed by atoms with Crippen LogP contribution in [0.4, 0.5) is 42.5 Å². The highest BCUT2D eigenvalue weighted by Gasteiger charge is 2.39. The van der Waals surface area contributed by atoms with Crippen LogP contribution < -0.4 is 10.6 Å². The van der Waals surface area contributed by atoms with Crippen molar-refractivity contribution in [1.82, 2.24) is 0 Å². The minimum Gasteiger partial charge on any atom is -0.351 e. The highest BCUT2D eigenvalue weighted by atomic mass is 19.4. The van der Waals surface area contributed by atoms with Crippen LogP contribution >= 0.6 is 0 Å². The molecule has 0 spiro atoms. The van der Waals surface area contributed by atoms with E-state index in [1.54, 1.807) is 0 Å². The van der Waals surface area contributed by atoms with Gasteiger partial charge in [0.05, 0.1) is 22.5 Å². The summed E-state index contributed by atoms with van der Waals surface area (Å²) in [6, 6.07) is 6.03. The molecular weight excluding hydrogens is 338 g/mol. The number of benzene rings is 2. The summed E-state index contributed by atoms with van der Waals surface area (Å²) in [6.45, 7) is 0. The van der Waals surface area contributed by atoms with Crippen LogP contribution in [0, 0.1) is 0 Å². The minimum absolute atomic E-state index is 0.200. The molecule has 0 fully saturated rings. The topological polar surface area (TPSA) is 46.3 Å². The number of halogens is 6. The smallest absolute Gasteiger partial charge is 0.351 e. The van der Waals surface area contributed by atoms with Gasteiger partial charge in [-0.1, -0.05) is 24.3 Å². The molecule has 0 aromatic heterocycles. The number of carbonyl (C=O) groups excluding carboxylic acids is 1. The molecular formula is C15H10F6N2O. The van der Waals surface area contributed by atoms with Gasteiger partial charge in [-0.2, -0.15) is 26.3 Å². The van der Waals surface area contributed by atoms with Crippen molar-refractivity contribution < 1.29 is 31.1 Å². The maximum Gasteiger partial charge on any atom is 0.418 e. The number of nitrogens with zero attached hydrogens (tertiary/aromatic N) is 1. The molecule has 0 unspecified atom stereocenters. The Balaban J connectivity index is 2.74. The Bertz CT molecular complexity index is 697. The highest BCUT2D eigenvalue weighted by molar-refractivity contribution is 6.00. The monoisotopic (exact) mass is 348 g/mol. The Hall–Kier alpha value is -2.71. The Kier molecular flexibility index (Phi) is 4.46. The average Bonchev–Trinajstić information content (AvgIpc) is 2.46. The molecule has 2 aromatic carbocycles. The predicted molar refractivity (Wildman–Crippen MR) is 74.6 cm³/mol. The molecule has 0 saturated carbocycles. The van der Waals surface area contributed by atoms with Gasteiger partial charge in [-0.25, -0.2) is 4.79 Å². The first-order valence-electron chi connectivity index (χ1n) is 6.45. The lowest BCUT2D eigenvalue weighted by molar-refractivity contribution is -0.137. The lowest BCUT2D eigenvalue weighted by Gasteiger charge is -2.26. The lowest BCUT2D eigenvalue weighted by atomic mass is 10.1. The zero-order chi connectivity index (χ0) is 18.1. The zero-order valence-electron chi connectivity index (χ0n) is 11.8. The maximum atomic E-state index is 13.1. The van der Waals surface area contributed by atoms with Crippen molar-refractivity contribution in [2.75, 3.05) is 4.90 Å². The molecule has 0 saturated heterocycles. The third-order valence-corrected chi connectivity index (χ3v) is 3.12. The second kappa shape index (κ2) is 6.06. The molecule has 0 aliphatic carbocycles. The largest absolute Gasteiger partial charge is 0.418 e. The third kappa shape index (κ3) is 3.44. The molecule has 9 heteroatoms. The molecule has 2 amide bonds. The number of primary amides is 1. The van der Waals surface area contributed by atoms with E-state index in [4.69, 9.17) is 5.73 Å². The first kappa shape index (κ1) is 17.6. The van der Waals surface area contributed by atoms with E-state index in [1.165, 1.54) is 0 Å². The van der Waals surface area contributed by atoms with Crippen molar-refractivity contribution in [1.29, 1.82) is 0 Å². The van der Waals surface area contributed by atoms with Crippen molar-refractivity contribution in [3.8, 4) is 0 Å². The molecule has 0 heterocycles. The van der Waals surface area contributed by atoms with E-state index in [-0.39, 0.29) is 4.90 Å². The van der Waals surface area contributed by atoms with Gasteiger partial charge in [-0.05, 0) is 24.3 Å². The normalized spacial score (nSPS) is 12.1. The van der Waals surface area contributed by atoms with Gasteiger partial charge in [0.1, 0.15) is 0 Å². The quantitative estimate of drug-likeness (QED) is 0.768. The van der Waals surface area contributed by atoms with Crippen LogP contribution in [0.15, 0.2) is 48.5 Å². The van der Waals surface area contributed by atoms with Crippen LogP contribution in [-0.4, -0.2) is 6.03 Å². The Morgan fingerprint density at radius 2 is 1.08 bits per heavy atom. The van der Waals surface area contributed by atoms with E-state index in [0.717, 1.165) is 36.4 Å². The van der Waals surface area contributed by atoms with Gasteiger partial charge in [0.2, 0.25) is 0 Å². The van der Waals surface area contributed by atoms with Gasteiger partial charge < -0.3 is 5.73 Å². The van der Waals surface area contributed by atoms with Crippen molar-refractivity contribution >= 4 is 17.4 Å². The fourth-order valence-corrected chi connectivity index (χ4v) is 2.18. The fraction of sp³-hybridized carbons (Fsp3) is 0.133. The number of hydrogen-bond acceptors (Lipinski definition) is 1. The number of rotatable bonds is 2. The molecule has 128 valence electrons. The Labute approximate surface area is 132 Å². The highest BCUT2D eigenvalue weighted by Crippen LogP contribution is 2.43. The molecule has 2 N–H and O–H groups in total. The summed E-state index contributed by atoms with van der Waals surface area (Å²) in [5.74, 6) is 0. The van der Waals surface area contributed by atoms with Crippen molar-refractivity contribution in [2.24, 2.45) is 5.73 Å². The molecule has 24 heavy (non-hydrogen) atoms. The van der Waals surface area contributed by atoms with Crippen LogP contribution in [0.1, 0.15) is 11.1 Å². The maximum absolute atomic E-state index is 13.1. The molecule has 2 aromatic rings. The van der Waals surface area contributed by atoms with Crippen molar-refractivity contribution in [3.63, 3.8) is 0 Å². The number of anilines is 2. The lowest BCUT2D eigenvalue weighted by Crippen LogP contribution is -2.34. The molecule has 3 nitrogen and oxygen atoms in total. The average molecular weight is 348 g/mol. The van der Waals surface area contributed by atoms with E-state index in [2.05, 4.69) is 0 Å². The summed E-state index contributed by atoms with van der Waals surface area (Å²) in [6.07, 6.45) is -9.76. The standard InChI is InChI=1S/C15H10F6N2O/c16-14(17,18)9-5-1-3-7-11(9)23(13(22)24)12-8-4-2-6-10(12)15(19,20)21/h1-8H,(H2,22,24).